The van der Waals surface area contributed by atoms with Gasteiger partial charge in [-0.2, -0.15) is 0 Å². The van der Waals surface area contributed by atoms with E-state index in [-0.39, 0.29) is 18.7 Å². The fourth-order valence-corrected chi connectivity index (χ4v) is 3.51. The molecule has 1 aromatic carbocycles. The van der Waals surface area contributed by atoms with Gasteiger partial charge in [-0.15, -0.1) is 0 Å². The monoisotopic (exact) mass is 351 g/mol. The molecule has 0 bridgehead atoms. The second-order valence-corrected chi connectivity index (χ2v) is 6.93. The number of amides is 1. The number of halogens is 2. The van der Waals surface area contributed by atoms with Crippen molar-refractivity contribution in [3.05, 3.63) is 33.1 Å². The summed E-state index contributed by atoms with van der Waals surface area (Å²) in [5.41, 5.74) is -0.899. The molecule has 1 fully saturated rings. The van der Waals surface area contributed by atoms with Gasteiger partial charge in [0.05, 0.1) is 10.7 Å². The van der Waals surface area contributed by atoms with E-state index in [9.17, 15) is 27.7 Å². The van der Waals surface area contributed by atoms with E-state index in [1.165, 1.54) is 0 Å². The topological polar surface area (TPSA) is 124 Å². The van der Waals surface area contributed by atoms with Crippen LogP contribution in [0.1, 0.15) is 6.42 Å². The van der Waals surface area contributed by atoms with E-state index >= 15 is 0 Å². The fraction of sp³-hybridized carbons (Fsp3) is 0.364. The second kappa shape index (κ2) is 5.78. The molecule has 1 heterocycles. The van der Waals surface area contributed by atoms with Gasteiger partial charge < -0.3 is 4.90 Å². The number of hydrogen-bond donors (Lipinski definition) is 1. The van der Waals surface area contributed by atoms with Gasteiger partial charge in [-0.25, -0.2) is 17.9 Å². The molecule has 8 nitrogen and oxygen atoms in total. The average molecular weight is 352 g/mol. The van der Waals surface area contributed by atoms with Crippen molar-refractivity contribution in [1.29, 1.82) is 0 Å². The third-order valence-corrected chi connectivity index (χ3v) is 4.48. The highest BCUT2D eigenvalue weighted by atomic mass is 35.5. The normalized spacial score (nSPS) is 18.8. The van der Waals surface area contributed by atoms with Crippen molar-refractivity contribution in [2.75, 3.05) is 17.2 Å². The first-order chi connectivity index (χ1) is 10.1. The van der Waals surface area contributed by atoms with Crippen LogP contribution >= 0.6 is 11.6 Å². The third kappa shape index (κ3) is 3.34. The summed E-state index contributed by atoms with van der Waals surface area (Å²) in [5.74, 6) is -2.58. The Bertz CT molecular complexity index is 754. The number of nitro benzene ring substituents is 1. The number of benzene rings is 1. The molecule has 120 valence electrons. The number of rotatable bonds is 4. The summed E-state index contributed by atoms with van der Waals surface area (Å²) in [5, 5.41) is 15.4. The number of carbonyl (C=O) groups excluding carboxylic acids is 1. The lowest BCUT2D eigenvalue weighted by molar-refractivity contribution is -0.384. The number of nitrogens with two attached hydrogens (primary N) is 1. The lowest BCUT2D eigenvalue weighted by Crippen LogP contribution is -2.28. The molecule has 1 saturated heterocycles. The Morgan fingerprint density at radius 1 is 1.50 bits per heavy atom. The first-order valence-electron chi connectivity index (χ1n) is 6.03. The van der Waals surface area contributed by atoms with Gasteiger partial charge in [0.1, 0.15) is 16.5 Å². The summed E-state index contributed by atoms with van der Waals surface area (Å²) >= 11 is 5.75. The zero-order valence-corrected chi connectivity index (χ0v) is 12.6. The van der Waals surface area contributed by atoms with E-state index in [1.54, 1.807) is 0 Å². The lowest BCUT2D eigenvalue weighted by atomic mass is 10.1. The van der Waals surface area contributed by atoms with E-state index in [0.717, 1.165) is 17.0 Å². The molecule has 1 aliphatic rings. The van der Waals surface area contributed by atoms with E-state index < -0.39 is 49.1 Å². The molecule has 2 N–H and O–H groups in total. The highest BCUT2D eigenvalue weighted by molar-refractivity contribution is 7.89. The Kier molecular flexibility index (Phi) is 4.36. The van der Waals surface area contributed by atoms with Crippen LogP contribution in [0.25, 0.3) is 0 Å². The third-order valence-electron chi connectivity index (χ3n) is 3.19. The molecule has 1 aliphatic heterocycles. The molecule has 0 spiro atoms. The molecule has 0 aliphatic carbocycles. The lowest BCUT2D eigenvalue weighted by Gasteiger charge is -2.18. The van der Waals surface area contributed by atoms with Crippen molar-refractivity contribution in [1.82, 2.24) is 0 Å². The predicted octanol–water partition coefficient (Wildman–Crippen LogP) is 1.03. The summed E-state index contributed by atoms with van der Waals surface area (Å²) in [4.78, 5) is 23.2. The number of sulfonamides is 1. The van der Waals surface area contributed by atoms with Gasteiger partial charge in [0.15, 0.2) is 0 Å². The Morgan fingerprint density at radius 2 is 2.14 bits per heavy atom. The summed E-state index contributed by atoms with van der Waals surface area (Å²) in [6.07, 6.45) is -0.166. The molecular weight excluding hydrogens is 341 g/mol. The zero-order chi connectivity index (χ0) is 16.7. The Balaban J connectivity index is 2.42. The predicted molar refractivity (Wildman–Crippen MR) is 76.5 cm³/mol. The molecule has 1 unspecified atom stereocenters. The van der Waals surface area contributed by atoms with Crippen LogP contribution in [0.5, 0.6) is 0 Å². The van der Waals surface area contributed by atoms with Crippen LogP contribution in [-0.2, 0) is 14.8 Å². The zero-order valence-electron chi connectivity index (χ0n) is 11.0. The van der Waals surface area contributed by atoms with Gasteiger partial charge in [-0.3, -0.25) is 14.9 Å². The van der Waals surface area contributed by atoms with Crippen LogP contribution in [0.4, 0.5) is 15.8 Å². The van der Waals surface area contributed by atoms with Crippen LogP contribution in [-0.4, -0.2) is 31.5 Å². The number of primary sulfonamides is 1. The van der Waals surface area contributed by atoms with Crippen molar-refractivity contribution in [2.24, 2.45) is 11.1 Å². The van der Waals surface area contributed by atoms with Crippen LogP contribution in [0.15, 0.2) is 12.1 Å². The summed E-state index contributed by atoms with van der Waals surface area (Å²) in [6, 6.07) is 1.73. The van der Waals surface area contributed by atoms with Crippen LogP contribution < -0.4 is 10.0 Å². The van der Waals surface area contributed by atoms with Gasteiger partial charge in [-0.05, 0) is 6.07 Å². The highest BCUT2D eigenvalue weighted by Gasteiger charge is 2.37. The number of nitro groups is 1. The van der Waals surface area contributed by atoms with E-state index in [0.29, 0.717) is 0 Å². The molecule has 0 saturated carbocycles. The molecule has 11 heteroatoms. The van der Waals surface area contributed by atoms with E-state index in [2.05, 4.69) is 0 Å². The van der Waals surface area contributed by atoms with Crippen LogP contribution in [0.2, 0.25) is 5.02 Å². The average Bonchev–Trinajstić information content (AvgIpc) is 2.70. The second-order valence-electron chi connectivity index (χ2n) is 4.89. The molecule has 1 aromatic rings. The molecule has 2 rings (SSSR count). The standard InChI is InChI=1S/C11H11ClFN3O5S/c12-10-7(13)1-2-8(16(18)19)11(10)15-4-6(3-9(15)17)5-22(14,20)21/h1-2,6H,3-5H2,(H2,14,20,21). The van der Waals surface area contributed by atoms with Gasteiger partial charge in [-0.1, -0.05) is 11.6 Å². The summed E-state index contributed by atoms with van der Waals surface area (Å²) in [7, 11) is -3.80. The van der Waals surface area contributed by atoms with Crippen LogP contribution in [0, 0.1) is 21.8 Å². The van der Waals surface area contributed by atoms with Gasteiger partial charge in [0.2, 0.25) is 15.9 Å². The first kappa shape index (κ1) is 16.6. The largest absolute Gasteiger partial charge is 0.305 e. The van der Waals surface area contributed by atoms with E-state index in [1.807, 2.05) is 0 Å². The minimum absolute atomic E-state index is 0.140. The Hall–Kier alpha value is -1.78. The molecule has 1 atom stereocenters. The summed E-state index contributed by atoms with van der Waals surface area (Å²) in [6.45, 7) is -0.140. The van der Waals surface area contributed by atoms with Crippen molar-refractivity contribution in [3.63, 3.8) is 0 Å². The van der Waals surface area contributed by atoms with Gasteiger partial charge in [0.25, 0.3) is 5.69 Å². The maximum absolute atomic E-state index is 13.6. The van der Waals surface area contributed by atoms with Crippen LogP contribution in [0.3, 0.4) is 0 Å². The van der Waals surface area contributed by atoms with Crippen molar-refractivity contribution < 1.29 is 22.5 Å². The minimum atomic E-state index is -3.80. The first-order valence-corrected chi connectivity index (χ1v) is 8.12. The fourth-order valence-electron chi connectivity index (χ4n) is 2.37. The number of hydrogen-bond acceptors (Lipinski definition) is 5. The molecule has 22 heavy (non-hydrogen) atoms. The Labute approximate surface area is 129 Å². The summed E-state index contributed by atoms with van der Waals surface area (Å²) < 4.78 is 35.7. The number of nitrogens with zero attached hydrogens (tertiary/aromatic N) is 2. The van der Waals surface area contributed by atoms with Gasteiger partial charge >= 0.3 is 0 Å². The quantitative estimate of drug-likeness (QED) is 0.640. The maximum Gasteiger partial charge on any atom is 0.294 e. The molecule has 1 amide bonds. The minimum Gasteiger partial charge on any atom is -0.305 e. The number of anilines is 1. The molecular formula is C11H11ClFN3O5S. The van der Waals surface area contributed by atoms with Crippen molar-refractivity contribution in [2.45, 2.75) is 6.42 Å². The molecule has 0 radical (unpaired) electrons. The SMILES string of the molecule is NS(=O)(=O)CC1CC(=O)N(c2c([N+](=O)[O-])ccc(F)c2Cl)C1. The highest BCUT2D eigenvalue weighted by Crippen LogP contribution is 2.40. The number of carbonyl (C=O) groups is 1. The van der Waals surface area contributed by atoms with E-state index in [4.69, 9.17) is 16.7 Å². The van der Waals surface area contributed by atoms with Crippen molar-refractivity contribution in [3.8, 4) is 0 Å². The van der Waals surface area contributed by atoms with Crippen molar-refractivity contribution >= 4 is 38.9 Å². The maximum atomic E-state index is 13.6. The van der Waals surface area contributed by atoms with Gasteiger partial charge in [0, 0.05) is 24.9 Å². The smallest absolute Gasteiger partial charge is 0.294 e. The Morgan fingerprint density at radius 3 is 2.68 bits per heavy atom. The molecule has 0 aromatic heterocycles.